The van der Waals surface area contributed by atoms with E-state index in [2.05, 4.69) is 4.90 Å². The minimum atomic E-state index is -0.212. The Labute approximate surface area is 100 Å². The Morgan fingerprint density at radius 3 is 2.94 bits per heavy atom. The van der Waals surface area contributed by atoms with Gasteiger partial charge in [-0.15, -0.1) is 0 Å². The largest absolute Gasteiger partial charge is 0.326 e. The van der Waals surface area contributed by atoms with Crippen LogP contribution in [0.15, 0.2) is 18.2 Å². The summed E-state index contributed by atoms with van der Waals surface area (Å²) in [6.45, 7) is 2.74. The first-order valence-corrected chi connectivity index (χ1v) is 5.95. The molecule has 0 amide bonds. The number of nitrogens with two attached hydrogens (primary N) is 1. The fraction of sp³-hybridized carbons (Fsp3) is 0.500. The van der Waals surface area contributed by atoms with Gasteiger partial charge in [-0.25, -0.2) is 4.39 Å². The van der Waals surface area contributed by atoms with Crippen molar-refractivity contribution in [2.24, 2.45) is 5.73 Å². The fourth-order valence-electron chi connectivity index (χ4n) is 2.11. The number of nitrogens with zero attached hydrogens (tertiary/aromatic N) is 1. The molecular formula is C12H16ClFN2. The second kappa shape index (κ2) is 5.13. The monoisotopic (exact) mass is 242 g/mol. The predicted octanol–water partition coefficient (Wildman–Crippen LogP) is 2.05. The Kier molecular flexibility index (Phi) is 3.79. The van der Waals surface area contributed by atoms with Crippen LogP contribution in [0, 0.1) is 5.82 Å². The first-order valence-electron chi connectivity index (χ1n) is 5.57. The van der Waals surface area contributed by atoms with E-state index in [0.717, 1.165) is 26.1 Å². The van der Waals surface area contributed by atoms with Crippen molar-refractivity contribution in [3.8, 4) is 0 Å². The van der Waals surface area contributed by atoms with E-state index in [4.69, 9.17) is 17.3 Å². The molecule has 0 radical (unpaired) electrons. The molecule has 2 N–H and O–H groups in total. The first kappa shape index (κ1) is 11.8. The topological polar surface area (TPSA) is 29.3 Å². The van der Waals surface area contributed by atoms with Crippen LogP contribution in [-0.2, 0) is 6.42 Å². The van der Waals surface area contributed by atoms with E-state index in [1.165, 1.54) is 6.07 Å². The van der Waals surface area contributed by atoms with Crippen LogP contribution in [0.3, 0.4) is 0 Å². The van der Waals surface area contributed by atoms with E-state index in [-0.39, 0.29) is 11.9 Å². The van der Waals surface area contributed by atoms with Crippen molar-refractivity contribution < 1.29 is 4.39 Å². The number of likely N-dealkylation sites (tertiary alicyclic amines) is 1. The van der Waals surface area contributed by atoms with Gasteiger partial charge in [0, 0.05) is 29.7 Å². The van der Waals surface area contributed by atoms with E-state index >= 15 is 0 Å². The molecular weight excluding hydrogens is 227 g/mol. The van der Waals surface area contributed by atoms with Gasteiger partial charge >= 0.3 is 0 Å². The molecule has 0 aromatic heterocycles. The third kappa shape index (κ3) is 2.73. The van der Waals surface area contributed by atoms with Crippen LogP contribution in [0.2, 0.25) is 5.02 Å². The Morgan fingerprint density at radius 2 is 2.31 bits per heavy atom. The molecule has 88 valence electrons. The number of hydrogen-bond acceptors (Lipinski definition) is 2. The van der Waals surface area contributed by atoms with Crippen LogP contribution in [-0.4, -0.2) is 30.6 Å². The van der Waals surface area contributed by atoms with Gasteiger partial charge in [-0.3, -0.25) is 0 Å². The van der Waals surface area contributed by atoms with E-state index in [1.54, 1.807) is 12.1 Å². The smallest absolute Gasteiger partial charge is 0.127 e. The third-order valence-corrected chi connectivity index (χ3v) is 3.40. The zero-order chi connectivity index (χ0) is 11.5. The van der Waals surface area contributed by atoms with E-state index < -0.39 is 0 Å². The maximum atomic E-state index is 13.5. The highest BCUT2D eigenvalue weighted by molar-refractivity contribution is 6.31. The maximum Gasteiger partial charge on any atom is 0.127 e. The van der Waals surface area contributed by atoms with E-state index in [0.29, 0.717) is 17.0 Å². The molecule has 2 nitrogen and oxygen atoms in total. The quantitative estimate of drug-likeness (QED) is 0.879. The van der Waals surface area contributed by atoms with Gasteiger partial charge in [0.1, 0.15) is 5.82 Å². The van der Waals surface area contributed by atoms with Crippen molar-refractivity contribution in [2.45, 2.75) is 18.9 Å². The number of hydrogen-bond donors (Lipinski definition) is 1. The number of benzene rings is 1. The van der Waals surface area contributed by atoms with Gasteiger partial charge in [0.15, 0.2) is 0 Å². The Bertz CT molecular complexity index is 350. The molecule has 0 aliphatic carbocycles. The molecule has 1 atom stereocenters. The molecule has 1 aliphatic heterocycles. The Morgan fingerprint density at radius 1 is 1.50 bits per heavy atom. The molecule has 1 unspecified atom stereocenters. The molecule has 1 saturated heterocycles. The van der Waals surface area contributed by atoms with Crippen molar-refractivity contribution >= 4 is 11.6 Å². The molecule has 4 heteroatoms. The SMILES string of the molecule is NC1CCN(CCc2c(F)cccc2Cl)C1. The molecule has 2 rings (SSSR count). The van der Waals surface area contributed by atoms with Gasteiger partial charge in [-0.2, -0.15) is 0 Å². The van der Waals surface area contributed by atoms with E-state index in [1.807, 2.05) is 0 Å². The van der Waals surface area contributed by atoms with Crippen molar-refractivity contribution in [1.82, 2.24) is 4.90 Å². The van der Waals surface area contributed by atoms with Gasteiger partial charge in [0.25, 0.3) is 0 Å². The summed E-state index contributed by atoms with van der Waals surface area (Å²) < 4.78 is 13.5. The molecule has 0 bridgehead atoms. The minimum absolute atomic E-state index is 0.212. The second-order valence-electron chi connectivity index (χ2n) is 4.30. The predicted molar refractivity (Wildman–Crippen MR) is 64.1 cm³/mol. The van der Waals surface area contributed by atoms with Gasteiger partial charge in [-0.1, -0.05) is 17.7 Å². The van der Waals surface area contributed by atoms with Crippen LogP contribution in [0.5, 0.6) is 0 Å². The van der Waals surface area contributed by atoms with Crippen molar-refractivity contribution in [3.63, 3.8) is 0 Å². The van der Waals surface area contributed by atoms with Gasteiger partial charge in [0.2, 0.25) is 0 Å². The van der Waals surface area contributed by atoms with Gasteiger partial charge in [-0.05, 0) is 31.5 Å². The molecule has 1 aromatic carbocycles. The van der Waals surface area contributed by atoms with Crippen LogP contribution in [0.25, 0.3) is 0 Å². The van der Waals surface area contributed by atoms with Crippen molar-refractivity contribution in [1.29, 1.82) is 0 Å². The average Bonchev–Trinajstić information content (AvgIpc) is 2.63. The summed E-state index contributed by atoms with van der Waals surface area (Å²) >= 11 is 5.96. The molecule has 16 heavy (non-hydrogen) atoms. The molecule has 0 saturated carbocycles. The fourth-order valence-corrected chi connectivity index (χ4v) is 2.36. The zero-order valence-electron chi connectivity index (χ0n) is 9.13. The molecule has 1 aliphatic rings. The van der Waals surface area contributed by atoms with Crippen molar-refractivity contribution in [2.75, 3.05) is 19.6 Å². The standard InChI is InChI=1S/C12H16ClFN2/c13-11-2-1-3-12(14)10(11)5-7-16-6-4-9(15)8-16/h1-3,9H,4-8,15H2. The molecule has 1 heterocycles. The Hall–Kier alpha value is -0.640. The van der Waals surface area contributed by atoms with Gasteiger partial charge in [0.05, 0.1) is 0 Å². The molecule has 0 spiro atoms. The normalized spacial score (nSPS) is 21.6. The summed E-state index contributed by atoms with van der Waals surface area (Å²) in [4.78, 5) is 2.26. The molecule has 1 aromatic rings. The highest BCUT2D eigenvalue weighted by Gasteiger charge is 2.19. The van der Waals surface area contributed by atoms with Crippen LogP contribution in [0.1, 0.15) is 12.0 Å². The average molecular weight is 243 g/mol. The summed E-state index contributed by atoms with van der Waals surface area (Å²) in [7, 11) is 0. The van der Waals surface area contributed by atoms with Crippen molar-refractivity contribution in [3.05, 3.63) is 34.6 Å². The maximum absolute atomic E-state index is 13.5. The second-order valence-corrected chi connectivity index (χ2v) is 4.71. The lowest BCUT2D eigenvalue weighted by molar-refractivity contribution is 0.337. The Balaban J connectivity index is 1.94. The summed E-state index contributed by atoms with van der Waals surface area (Å²) in [5.74, 6) is -0.212. The van der Waals surface area contributed by atoms with E-state index in [9.17, 15) is 4.39 Å². The van der Waals surface area contributed by atoms with Crippen LogP contribution < -0.4 is 5.73 Å². The highest BCUT2D eigenvalue weighted by Crippen LogP contribution is 2.20. The summed E-state index contributed by atoms with van der Waals surface area (Å²) in [6.07, 6.45) is 1.68. The summed E-state index contributed by atoms with van der Waals surface area (Å²) in [6, 6.07) is 5.09. The number of halogens is 2. The zero-order valence-corrected chi connectivity index (χ0v) is 9.88. The lowest BCUT2D eigenvalue weighted by Gasteiger charge is -2.15. The lowest BCUT2D eigenvalue weighted by atomic mass is 10.1. The third-order valence-electron chi connectivity index (χ3n) is 3.05. The van der Waals surface area contributed by atoms with Crippen LogP contribution >= 0.6 is 11.6 Å². The number of rotatable bonds is 3. The first-order chi connectivity index (χ1) is 7.66. The molecule has 1 fully saturated rings. The summed E-state index contributed by atoms with van der Waals surface area (Å²) in [5, 5.41) is 0.517. The van der Waals surface area contributed by atoms with Gasteiger partial charge < -0.3 is 10.6 Å². The van der Waals surface area contributed by atoms with Crippen LogP contribution in [0.4, 0.5) is 4.39 Å². The minimum Gasteiger partial charge on any atom is -0.326 e. The lowest BCUT2D eigenvalue weighted by Crippen LogP contribution is -2.28. The summed E-state index contributed by atoms with van der Waals surface area (Å²) in [5.41, 5.74) is 6.43. The highest BCUT2D eigenvalue weighted by atomic mass is 35.5.